The molecule has 20 heavy (non-hydrogen) atoms. The molecule has 3 rings (SSSR count). The van der Waals surface area contributed by atoms with Crippen LogP contribution in [0.4, 0.5) is 0 Å². The summed E-state index contributed by atoms with van der Waals surface area (Å²) >= 11 is 0. The zero-order chi connectivity index (χ0) is 14.3. The highest BCUT2D eigenvalue weighted by Crippen LogP contribution is 2.44. The Morgan fingerprint density at radius 3 is 2.80 bits per heavy atom. The van der Waals surface area contributed by atoms with E-state index in [1.165, 1.54) is 6.08 Å². The van der Waals surface area contributed by atoms with Crippen LogP contribution >= 0.6 is 0 Å². The number of carbonyl (C=O) groups is 1. The number of hydrogen-bond acceptors (Lipinski definition) is 2. The Morgan fingerprint density at radius 1 is 1.45 bits per heavy atom. The van der Waals surface area contributed by atoms with Gasteiger partial charge in [0.2, 0.25) is 0 Å². The fourth-order valence-electron chi connectivity index (χ4n) is 2.67. The fraction of sp³-hybridized carbons (Fsp3) is 0.312. The van der Waals surface area contributed by atoms with Gasteiger partial charge in [0.25, 0.3) is 0 Å². The Balaban J connectivity index is 2.21. The van der Waals surface area contributed by atoms with Gasteiger partial charge in [-0.2, -0.15) is 0 Å². The van der Waals surface area contributed by atoms with Crippen LogP contribution in [0.3, 0.4) is 0 Å². The quantitative estimate of drug-likeness (QED) is 0.869. The number of fused-ring (bicyclic) bond motifs is 1. The summed E-state index contributed by atoms with van der Waals surface area (Å²) < 4.78 is 7.31. The first-order valence-electron chi connectivity index (χ1n) is 6.68. The first kappa shape index (κ1) is 12.8. The highest BCUT2D eigenvalue weighted by Gasteiger charge is 2.29. The number of benzene rings is 1. The average Bonchev–Trinajstić information content (AvgIpc) is 3.21. The lowest BCUT2D eigenvalue weighted by Crippen LogP contribution is -1.94. The van der Waals surface area contributed by atoms with Gasteiger partial charge in [-0.05, 0) is 42.5 Å². The van der Waals surface area contributed by atoms with E-state index in [1.54, 1.807) is 7.11 Å². The number of carboxylic acids is 1. The molecule has 0 unspecified atom stereocenters. The number of ether oxygens (including phenoxy) is 1. The SMILES string of the molecule is COc1ccc2c(c1)c(/C(=C/C(=O)O)C1CC1)cn2C. The monoisotopic (exact) mass is 271 g/mol. The van der Waals surface area contributed by atoms with Crippen molar-refractivity contribution in [3.63, 3.8) is 0 Å². The van der Waals surface area contributed by atoms with Crippen molar-refractivity contribution in [2.45, 2.75) is 12.8 Å². The summed E-state index contributed by atoms with van der Waals surface area (Å²) in [5.74, 6) is 0.283. The van der Waals surface area contributed by atoms with Crippen molar-refractivity contribution >= 4 is 22.4 Å². The van der Waals surface area contributed by atoms with Crippen molar-refractivity contribution in [2.75, 3.05) is 7.11 Å². The lowest BCUT2D eigenvalue weighted by molar-refractivity contribution is -0.131. The Morgan fingerprint density at radius 2 is 2.20 bits per heavy atom. The van der Waals surface area contributed by atoms with E-state index in [2.05, 4.69) is 0 Å². The molecule has 0 radical (unpaired) electrons. The molecular weight excluding hydrogens is 254 g/mol. The van der Waals surface area contributed by atoms with Crippen LogP contribution in [0.25, 0.3) is 16.5 Å². The summed E-state index contributed by atoms with van der Waals surface area (Å²) in [6, 6.07) is 5.90. The second-order valence-corrected chi connectivity index (χ2v) is 5.25. The van der Waals surface area contributed by atoms with E-state index < -0.39 is 5.97 Å². The van der Waals surface area contributed by atoms with Crippen LogP contribution in [0, 0.1) is 5.92 Å². The van der Waals surface area contributed by atoms with Gasteiger partial charge in [0.05, 0.1) is 7.11 Å². The molecule has 104 valence electrons. The van der Waals surface area contributed by atoms with Crippen LogP contribution in [-0.2, 0) is 11.8 Å². The first-order valence-corrected chi connectivity index (χ1v) is 6.68. The predicted molar refractivity (Wildman–Crippen MR) is 77.8 cm³/mol. The van der Waals surface area contributed by atoms with Crippen LogP contribution in [0.5, 0.6) is 5.75 Å². The average molecular weight is 271 g/mol. The van der Waals surface area contributed by atoms with E-state index in [-0.39, 0.29) is 0 Å². The summed E-state index contributed by atoms with van der Waals surface area (Å²) in [6.45, 7) is 0. The molecule has 0 aliphatic heterocycles. The standard InChI is InChI=1S/C16H17NO3/c1-17-9-14(12(8-16(18)19)10-3-4-10)13-7-11(20-2)5-6-15(13)17/h5-10H,3-4H2,1-2H3,(H,18,19)/b12-8+. The number of aromatic nitrogens is 1. The van der Waals surface area contributed by atoms with Crippen LogP contribution in [-0.4, -0.2) is 22.8 Å². The largest absolute Gasteiger partial charge is 0.497 e. The minimum Gasteiger partial charge on any atom is -0.497 e. The molecule has 1 saturated carbocycles. The zero-order valence-corrected chi connectivity index (χ0v) is 11.6. The lowest BCUT2D eigenvalue weighted by Gasteiger charge is -2.05. The zero-order valence-electron chi connectivity index (χ0n) is 11.6. The number of allylic oxidation sites excluding steroid dienone is 1. The summed E-state index contributed by atoms with van der Waals surface area (Å²) in [7, 11) is 3.61. The minimum atomic E-state index is -0.883. The Kier molecular flexibility index (Phi) is 3.01. The number of nitrogens with zero attached hydrogens (tertiary/aromatic N) is 1. The number of aliphatic carboxylic acids is 1. The molecule has 1 fully saturated rings. The Hall–Kier alpha value is -2.23. The molecule has 1 aromatic heterocycles. The summed E-state index contributed by atoms with van der Waals surface area (Å²) in [5.41, 5.74) is 3.01. The topological polar surface area (TPSA) is 51.5 Å². The number of hydrogen-bond donors (Lipinski definition) is 1. The molecule has 4 nitrogen and oxygen atoms in total. The molecular formula is C16H17NO3. The van der Waals surface area contributed by atoms with Crippen molar-refractivity contribution in [3.05, 3.63) is 36.0 Å². The number of methoxy groups -OCH3 is 1. The van der Waals surface area contributed by atoms with Gasteiger partial charge < -0.3 is 14.4 Å². The van der Waals surface area contributed by atoms with Crippen LogP contribution in [0.15, 0.2) is 30.5 Å². The summed E-state index contributed by atoms with van der Waals surface area (Å²) in [4.78, 5) is 11.1. The normalized spacial score (nSPS) is 15.6. The molecule has 0 saturated heterocycles. The molecule has 1 heterocycles. The second-order valence-electron chi connectivity index (χ2n) is 5.25. The van der Waals surface area contributed by atoms with Gasteiger partial charge in [0.15, 0.2) is 0 Å². The van der Waals surface area contributed by atoms with Gasteiger partial charge in [-0.1, -0.05) is 0 Å². The molecule has 0 bridgehead atoms. The van der Waals surface area contributed by atoms with E-state index in [0.29, 0.717) is 5.92 Å². The maximum Gasteiger partial charge on any atom is 0.328 e. The fourth-order valence-corrected chi connectivity index (χ4v) is 2.67. The molecule has 0 atom stereocenters. The Bertz CT molecular complexity index is 708. The highest BCUT2D eigenvalue weighted by molar-refractivity contribution is 5.99. The third-order valence-corrected chi connectivity index (χ3v) is 3.80. The summed E-state index contributed by atoms with van der Waals surface area (Å²) in [5, 5.41) is 10.1. The van der Waals surface area contributed by atoms with Crippen molar-refractivity contribution in [2.24, 2.45) is 13.0 Å². The number of rotatable bonds is 4. The summed E-state index contributed by atoms with van der Waals surface area (Å²) in [6.07, 6.45) is 5.50. The second kappa shape index (κ2) is 4.71. The lowest BCUT2D eigenvalue weighted by atomic mass is 10.00. The Labute approximate surface area is 117 Å². The molecule has 1 aliphatic rings. The maximum atomic E-state index is 11.1. The van der Waals surface area contributed by atoms with Gasteiger partial charge in [-0.25, -0.2) is 4.79 Å². The van der Waals surface area contributed by atoms with Gasteiger partial charge in [0.1, 0.15) is 5.75 Å². The first-order chi connectivity index (χ1) is 9.60. The van der Waals surface area contributed by atoms with Crippen molar-refractivity contribution in [1.29, 1.82) is 0 Å². The molecule has 4 heteroatoms. The van der Waals surface area contributed by atoms with E-state index in [1.807, 2.05) is 36.0 Å². The van der Waals surface area contributed by atoms with E-state index in [0.717, 1.165) is 40.6 Å². The molecule has 1 N–H and O–H groups in total. The molecule has 0 amide bonds. The number of aryl methyl sites for hydroxylation is 1. The molecule has 1 aliphatic carbocycles. The molecule has 0 spiro atoms. The van der Waals surface area contributed by atoms with Crippen LogP contribution in [0.2, 0.25) is 0 Å². The van der Waals surface area contributed by atoms with E-state index in [9.17, 15) is 4.79 Å². The van der Waals surface area contributed by atoms with Crippen LogP contribution < -0.4 is 4.74 Å². The molecule has 2 aromatic rings. The smallest absolute Gasteiger partial charge is 0.328 e. The third-order valence-electron chi connectivity index (χ3n) is 3.80. The van der Waals surface area contributed by atoms with Gasteiger partial charge in [-0.3, -0.25) is 0 Å². The third kappa shape index (κ3) is 2.18. The minimum absolute atomic E-state index is 0.378. The van der Waals surface area contributed by atoms with Gasteiger partial charge in [0, 0.05) is 35.8 Å². The number of carboxylic acid groups (broad SMARTS) is 1. The predicted octanol–water partition coefficient (Wildman–Crippen LogP) is 3.06. The van der Waals surface area contributed by atoms with Crippen molar-refractivity contribution in [3.8, 4) is 5.75 Å². The maximum absolute atomic E-state index is 11.1. The van der Waals surface area contributed by atoms with Crippen molar-refractivity contribution in [1.82, 2.24) is 4.57 Å². The van der Waals surface area contributed by atoms with E-state index in [4.69, 9.17) is 9.84 Å². The molecule has 1 aromatic carbocycles. The van der Waals surface area contributed by atoms with Gasteiger partial charge >= 0.3 is 5.97 Å². The van der Waals surface area contributed by atoms with Crippen molar-refractivity contribution < 1.29 is 14.6 Å². The highest BCUT2D eigenvalue weighted by atomic mass is 16.5. The van der Waals surface area contributed by atoms with E-state index >= 15 is 0 Å². The van der Waals surface area contributed by atoms with Gasteiger partial charge in [-0.15, -0.1) is 0 Å². The van der Waals surface area contributed by atoms with Crippen LogP contribution in [0.1, 0.15) is 18.4 Å².